The predicted molar refractivity (Wildman–Crippen MR) is 105 cm³/mol. The second-order valence-electron chi connectivity index (χ2n) is 6.31. The van der Waals surface area contributed by atoms with Gasteiger partial charge in [-0.1, -0.05) is 42.5 Å². The number of methoxy groups -OCH3 is 1. The zero-order valence-corrected chi connectivity index (χ0v) is 15.1. The summed E-state index contributed by atoms with van der Waals surface area (Å²) in [5, 5.41) is 2.97. The van der Waals surface area contributed by atoms with Crippen LogP contribution >= 0.6 is 0 Å². The Morgan fingerprint density at radius 3 is 2.41 bits per heavy atom. The van der Waals surface area contributed by atoms with Crippen molar-refractivity contribution in [3.63, 3.8) is 0 Å². The molecule has 0 aliphatic carbocycles. The summed E-state index contributed by atoms with van der Waals surface area (Å²) in [5.74, 6) is 0.745. The lowest BCUT2D eigenvalue weighted by Crippen LogP contribution is -2.29. The second kappa shape index (κ2) is 8.85. The Balaban J connectivity index is 1.72. The van der Waals surface area contributed by atoms with E-state index < -0.39 is 0 Å². The lowest BCUT2D eigenvalue weighted by atomic mass is 9.92. The topological polar surface area (TPSA) is 71.2 Å². The van der Waals surface area contributed by atoms with E-state index in [0.29, 0.717) is 12.1 Å². The third-order valence-electron chi connectivity index (χ3n) is 4.47. The number of aromatic nitrogens is 1. The fourth-order valence-corrected chi connectivity index (χ4v) is 2.95. The molecule has 5 heteroatoms. The molecular weight excluding hydrogens is 340 g/mol. The van der Waals surface area contributed by atoms with Gasteiger partial charge in [-0.05, 0) is 35.7 Å². The van der Waals surface area contributed by atoms with Gasteiger partial charge in [0.05, 0.1) is 12.7 Å². The maximum absolute atomic E-state index is 12.4. The molecule has 0 aliphatic heterocycles. The average molecular weight is 362 g/mol. The highest BCUT2D eigenvalue weighted by Gasteiger charge is 2.15. The second-order valence-corrected chi connectivity index (χ2v) is 6.31. The molecule has 0 bridgehead atoms. The van der Waals surface area contributed by atoms with Gasteiger partial charge in [-0.25, -0.2) is 0 Å². The van der Waals surface area contributed by atoms with Crippen molar-refractivity contribution in [2.45, 2.75) is 12.3 Å². The molecular formula is C22H22N2O3. The quantitative estimate of drug-likeness (QED) is 0.678. The van der Waals surface area contributed by atoms with Gasteiger partial charge in [-0.15, -0.1) is 0 Å². The molecule has 1 atom stereocenters. The van der Waals surface area contributed by atoms with Crippen molar-refractivity contribution in [3.05, 3.63) is 100.0 Å². The number of nitrogens with one attached hydrogen (secondary N) is 2. The number of hydrogen-bond acceptors (Lipinski definition) is 3. The van der Waals surface area contributed by atoms with E-state index in [4.69, 9.17) is 4.74 Å². The molecule has 2 N–H and O–H groups in total. The number of pyridine rings is 1. The molecule has 0 spiro atoms. The lowest BCUT2D eigenvalue weighted by molar-refractivity contribution is 0.0950. The number of carbonyl (C=O) groups excluding carboxylic acids is 1. The van der Waals surface area contributed by atoms with Crippen LogP contribution in [-0.4, -0.2) is 24.5 Å². The molecule has 27 heavy (non-hydrogen) atoms. The summed E-state index contributed by atoms with van der Waals surface area (Å²) in [4.78, 5) is 26.0. The molecule has 5 nitrogen and oxygen atoms in total. The maximum Gasteiger partial charge on any atom is 0.252 e. The van der Waals surface area contributed by atoms with Crippen molar-refractivity contribution in [2.24, 2.45) is 0 Å². The Kier molecular flexibility index (Phi) is 6.05. The van der Waals surface area contributed by atoms with Gasteiger partial charge < -0.3 is 15.0 Å². The molecule has 1 aromatic heterocycles. The van der Waals surface area contributed by atoms with Crippen molar-refractivity contribution in [1.29, 1.82) is 0 Å². The van der Waals surface area contributed by atoms with Crippen LogP contribution in [0.4, 0.5) is 0 Å². The number of ether oxygens (including phenoxy) is 1. The smallest absolute Gasteiger partial charge is 0.252 e. The van der Waals surface area contributed by atoms with Gasteiger partial charge in [0.1, 0.15) is 5.75 Å². The Bertz CT molecular complexity index is 913. The molecule has 1 unspecified atom stereocenters. The Morgan fingerprint density at radius 2 is 1.78 bits per heavy atom. The summed E-state index contributed by atoms with van der Waals surface area (Å²) in [6.45, 7) is 0.494. The summed E-state index contributed by atoms with van der Waals surface area (Å²) in [7, 11) is 1.65. The van der Waals surface area contributed by atoms with Crippen LogP contribution in [0.25, 0.3) is 0 Å². The minimum atomic E-state index is -0.229. The van der Waals surface area contributed by atoms with E-state index in [0.717, 1.165) is 17.7 Å². The summed E-state index contributed by atoms with van der Waals surface area (Å²) in [5.41, 5.74) is 2.54. The molecule has 3 aromatic rings. The van der Waals surface area contributed by atoms with Crippen LogP contribution in [0.1, 0.15) is 27.4 Å². The Morgan fingerprint density at radius 1 is 1.04 bits per heavy atom. The van der Waals surface area contributed by atoms with Crippen molar-refractivity contribution in [1.82, 2.24) is 10.3 Å². The number of benzene rings is 2. The van der Waals surface area contributed by atoms with E-state index in [1.807, 2.05) is 42.5 Å². The van der Waals surface area contributed by atoms with Crippen LogP contribution in [0.3, 0.4) is 0 Å². The molecule has 0 fully saturated rings. The SMILES string of the molecule is COc1ccc(CC(CNC(=O)c2ccc(=O)[nH]c2)c2ccccc2)cc1. The van der Waals surface area contributed by atoms with Crippen molar-refractivity contribution < 1.29 is 9.53 Å². The highest BCUT2D eigenvalue weighted by atomic mass is 16.5. The van der Waals surface area contributed by atoms with Gasteiger partial charge in [0.2, 0.25) is 5.56 Å². The molecule has 0 saturated heterocycles. The summed E-state index contributed by atoms with van der Waals surface area (Å²) in [6, 6.07) is 21.0. The van der Waals surface area contributed by atoms with E-state index in [-0.39, 0.29) is 17.4 Å². The van der Waals surface area contributed by atoms with Crippen LogP contribution in [-0.2, 0) is 6.42 Å². The predicted octanol–water partition coefficient (Wildman–Crippen LogP) is 3.14. The van der Waals surface area contributed by atoms with Crippen LogP contribution in [0.2, 0.25) is 0 Å². The molecule has 1 heterocycles. The average Bonchev–Trinajstić information content (AvgIpc) is 2.72. The zero-order valence-electron chi connectivity index (χ0n) is 15.1. The summed E-state index contributed by atoms with van der Waals surface area (Å²) in [6.07, 6.45) is 2.22. The fraction of sp³-hybridized carbons (Fsp3) is 0.182. The first-order valence-corrected chi connectivity index (χ1v) is 8.80. The number of hydrogen-bond donors (Lipinski definition) is 2. The van der Waals surface area contributed by atoms with E-state index in [2.05, 4.69) is 22.4 Å². The normalized spacial score (nSPS) is 11.6. The third-order valence-corrected chi connectivity index (χ3v) is 4.47. The van der Waals surface area contributed by atoms with Gasteiger partial charge in [0.15, 0.2) is 0 Å². The number of H-pyrrole nitrogens is 1. The number of carbonyl (C=O) groups is 1. The Hall–Kier alpha value is -3.34. The van der Waals surface area contributed by atoms with Crippen LogP contribution in [0, 0.1) is 0 Å². The molecule has 0 saturated carbocycles. The van der Waals surface area contributed by atoms with Gasteiger partial charge in [-0.2, -0.15) is 0 Å². The lowest BCUT2D eigenvalue weighted by Gasteiger charge is -2.19. The minimum absolute atomic E-state index is 0.131. The van der Waals surface area contributed by atoms with E-state index >= 15 is 0 Å². The van der Waals surface area contributed by atoms with Crippen LogP contribution in [0.15, 0.2) is 77.7 Å². The zero-order chi connectivity index (χ0) is 19.1. The maximum atomic E-state index is 12.4. The highest BCUT2D eigenvalue weighted by Crippen LogP contribution is 2.22. The standard InChI is InChI=1S/C22H22N2O3/c1-27-20-10-7-16(8-11-20)13-19(17-5-3-2-4-6-17)15-24-22(26)18-9-12-21(25)23-14-18/h2-12,14,19H,13,15H2,1H3,(H,23,25)(H,24,26). The van der Waals surface area contributed by atoms with Gasteiger partial charge in [-0.3, -0.25) is 9.59 Å². The van der Waals surface area contributed by atoms with Gasteiger partial charge in [0.25, 0.3) is 5.91 Å². The fourth-order valence-electron chi connectivity index (χ4n) is 2.95. The molecule has 3 rings (SSSR count). The number of aromatic amines is 1. The minimum Gasteiger partial charge on any atom is -0.497 e. The molecule has 0 radical (unpaired) electrons. The summed E-state index contributed by atoms with van der Waals surface area (Å²) >= 11 is 0. The van der Waals surface area contributed by atoms with E-state index in [1.54, 1.807) is 7.11 Å². The van der Waals surface area contributed by atoms with Crippen LogP contribution in [0.5, 0.6) is 5.75 Å². The molecule has 1 amide bonds. The van der Waals surface area contributed by atoms with Crippen molar-refractivity contribution in [2.75, 3.05) is 13.7 Å². The molecule has 138 valence electrons. The van der Waals surface area contributed by atoms with E-state index in [1.165, 1.54) is 23.9 Å². The number of rotatable bonds is 7. The van der Waals surface area contributed by atoms with Gasteiger partial charge >= 0.3 is 0 Å². The first kappa shape index (κ1) is 18.5. The monoisotopic (exact) mass is 362 g/mol. The van der Waals surface area contributed by atoms with Crippen LogP contribution < -0.4 is 15.6 Å². The molecule has 2 aromatic carbocycles. The molecule has 0 aliphatic rings. The summed E-state index contributed by atoms with van der Waals surface area (Å²) < 4.78 is 5.21. The van der Waals surface area contributed by atoms with Gasteiger partial charge in [0, 0.05) is 24.7 Å². The third kappa shape index (κ3) is 5.07. The van der Waals surface area contributed by atoms with Crippen molar-refractivity contribution in [3.8, 4) is 5.75 Å². The first-order chi connectivity index (χ1) is 13.2. The highest BCUT2D eigenvalue weighted by molar-refractivity contribution is 5.93. The largest absolute Gasteiger partial charge is 0.497 e. The number of amides is 1. The Labute approximate surface area is 158 Å². The van der Waals surface area contributed by atoms with E-state index in [9.17, 15) is 9.59 Å². The first-order valence-electron chi connectivity index (χ1n) is 8.80. The van der Waals surface area contributed by atoms with Crippen molar-refractivity contribution >= 4 is 5.91 Å².